The van der Waals surface area contributed by atoms with Gasteiger partial charge in [-0.3, -0.25) is 19.8 Å². The van der Waals surface area contributed by atoms with E-state index in [1.807, 2.05) is 12.4 Å². The molecule has 0 radical (unpaired) electrons. The molecule has 3 unspecified atom stereocenters. The average Bonchev–Trinajstić information content (AvgIpc) is 3.70. The lowest BCUT2D eigenvalue weighted by atomic mass is 9.99. The molecular formula is C31H37N5. The molecule has 0 N–H and O–H groups in total. The first kappa shape index (κ1) is 22.4. The van der Waals surface area contributed by atoms with Crippen LogP contribution in [0, 0.1) is 12.8 Å². The Bertz CT molecular complexity index is 1290. The molecule has 2 aromatic heterocycles. The monoisotopic (exact) mass is 479 g/mol. The van der Waals surface area contributed by atoms with Crippen LogP contribution >= 0.6 is 0 Å². The first-order valence-corrected chi connectivity index (χ1v) is 13.9. The average molecular weight is 480 g/mol. The van der Waals surface area contributed by atoms with Crippen molar-refractivity contribution in [1.29, 1.82) is 0 Å². The van der Waals surface area contributed by atoms with Crippen LogP contribution in [0.5, 0.6) is 0 Å². The van der Waals surface area contributed by atoms with Crippen LogP contribution in [-0.4, -0.2) is 65.1 Å². The number of hydrogen-bond donors (Lipinski definition) is 0. The first-order valence-electron chi connectivity index (χ1n) is 13.9. The molecule has 186 valence electrons. The van der Waals surface area contributed by atoms with E-state index in [4.69, 9.17) is 9.97 Å². The van der Waals surface area contributed by atoms with Gasteiger partial charge in [0.15, 0.2) is 0 Å². The fourth-order valence-electron chi connectivity index (χ4n) is 7.37. The minimum atomic E-state index is 0.162. The number of rotatable bonds is 3. The molecule has 1 saturated carbocycles. The summed E-state index contributed by atoms with van der Waals surface area (Å²) in [5.41, 5.74) is 6.74. The molecule has 0 amide bonds. The Labute approximate surface area is 214 Å². The van der Waals surface area contributed by atoms with Gasteiger partial charge < -0.3 is 4.90 Å². The minimum absolute atomic E-state index is 0.162. The zero-order valence-corrected chi connectivity index (χ0v) is 21.4. The molecule has 5 nitrogen and oxygen atoms in total. The van der Waals surface area contributed by atoms with E-state index in [-0.39, 0.29) is 5.54 Å². The number of pyridine rings is 2. The van der Waals surface area contributed by atoms with Gasteiger partial charge in [0.05, 0.1) is 22.4 Å². The van der Waals surface area contributed by atoms with Crippen LogP contribution in [0.2, 0.25) is 0 Å². The van der Waals surface area contributed by atoms with Crippen LogP contribution in [-0.2, 0) is 12.0 Å². The number of aryl methyl sites for hydroxylation is 1. The predicted octanol–water partition coefficient (Wildman–Crippen LogP) is 4.94. The lowest BCUT2D eigenvalue weighted by molar-refractivity contribution is 0.0502. The van der Waals surface area contributed by atoms with Gasteiger partial charge in [-0.25, -0.2) is 0 Å². The summed E-state index contributed by atoms with van der Waals surface area (Å²) in [7, 11) is 0. The highest BCUT2D eigenvalue weighted by Gasteiger charge is 2.60. The van der Waals surface area contributed by atoms with Gasteiger partial charge in [-0.1, -0.05) is 30.4 Å². The van der Waals surface area contributed by atoms with Crippen LogP contribution < -0.4 is 4.90 Å². The summed E-state index contributed by atoms with van der Waals surface area (Å²) in [4.78, 5) is 17.9. The third-order valence-electron chi connectivity index (χ3n) is 9.39. The van der Waals surface area contributed by atoms with E-state index in [1.54, 1.807) is 0 Å². The highest BCUT2D eigenvalue weighted by molar-refractivity contribution is 5.93. The van der Waals surface area contributed by atoms with Gasteiger partial charge in [0, 0.05) is 69.0 Å². The second kappa shape index (κ2) is 8.97. The first-order chi connectivity index (χ1) is 17.7. The van der Waals surface area contributed by atoms with Crippen LogP contribution in [0.4, 0.5) is 5.69 Å². The molecule has 7 rings (SSSR count). The Morgan fingerprint density at radius 1 is 0.889 bits per heavy atom. The van der Waals surface area contributed by atoms with Gasteiger partial charge in [-0.15, -0.1) is 0 Å². The van der Waals surface area contributed by atoms with E-state index < -0.39 is 0 Å². The van der Waals surface area contributed by atoms with Gasteiger partial charge in [0.2, 0.25) is 0 Å². The van der Waals surface area contributed by atoms with E-state index >= 15 is 0 Å². The summed E-state index contributed by atoms with van der Waals surface area (Å²) in [5.74, 6) is 0.643. The Morgan fingerprint density at radius 2 is 1.75 bits per heavy atom. The fraction of sp³-hybridized carbons (Fsp3) is 0.484. The van der Waals surface area contributed by atoms with Crippen molar-refractivity contribution in [2.24, 2.45) is 5.92 Å². The molecule has 2 aliphatic heterocycles. The largest absolute Gasteiger partial charge is 0.370 e. The van der Waals surface area contributed by atoms with Crippen molar-refractivity contribution in [3.63, 3.8) is 0 Å². The Morgan fingerprint density at radius 3 is 2.67 bits per heavy atom. The van der Waals surface area contributed by atoms with Crippen molar-refractivity contribution < 1.29 is 0 Å². The molecule has 2 aliphatic carbocycles. The number of nitrogens with zero attached hydrogens (tertiary/aromatic N) is 5. The van der Waals surface area contributed by atoms with Crippen LogP contribution in [0.25, 0.3) is 10.9 Å². The van der Waals surface area contributed by atoms with Gasteiger partial charge in [-0.2, -0.15) is 0 Å². The van der Waals surface area contributed by atoms with E-state index in [1.165, 1.54) is 66.7 Å². The maximum atomic E-state index is 4.93. The summed E-state index contributed by atoms with van der Waals surface area (Å²) in [6, 6.07) is 13.9. The lowest BCUT2D eigenvalue weighted by Gasteiger charge is -2.43. The zero-order chi connectivity index (χ0) is 24.1. The molecule has 3 fully saturated rings. The predicted molar refractivity (Wildman–Crippen MR) is 146 cm³/mol. The summed E-state index contributed by atoms with van der Waals surface area (Å²) in [6.45, 7) is 9.12. The summed E-state index contributed by atoms with van der Waals surface area (Å²) in [6.07, 6.45) is 14.8. The number of aromatic nitrogens is 2. The minimum Gasteiger partial charge on any atom is -0.370 e. The molecule has 3 aromatic rings. The van der Waals surface area contributed by atoms with Crippen molar-refractivity contribution in [3.8, 4) is 0 Å². The highest BCUT2D eigenvalue weighted by Crippen LogP contribution is 2.58. The maximum absolute atomic E-state index is 4.93. The number of benzene rings is 1. The van der Waals surface area contributed by atoms with E-state index in [0.717, 1.165) is 38.1 Å². The van der Waals surface area contributed by atoms with Crippen LogP contribution in [0.3, 0.4) is 0 Å². The summed E-state index contributed by atoms with van der Waals surface area (Å²) >= 11 is 0. The standard InChI is InChI=1S/C31H37N5/c1-23-11-12-28(29-27(23)10-4-14-32-29)35-16-5-9-26(13-17-35)34-18-20-36(21-19-34)31-22-25(31)8-2-6-24-7-3-15-33-30(24)31/h2-4,7-8,10-12,14-15,25-26H,5-6,9,13,16-22H2,1H3. The smallest absolute Gasteiger partial charge is 0.0937 e. The van der Waals surface area contributed by atoms with Crippen LogP contribution in [0.15, 0.2) is 60.9 Å². The van der Waals surface area contributed by atoms with Gasteiger partial charge >= 0.3 is 0 Å². The second-order valence-corrected chi connectivity index (χ2v) is 11.3. The number of piperazine rings is 1. The zero-order valence-electron chi connectivity index (χ0n) is 21.4. The van der Waals surface area contributed by atoms with Crippen LogP contribution in [0.1, 0.15) is 42.5 Å². The normalized spacial score (nSPS) is 28.9. The number of fused-ring (bicyclic) bond motifs is 4. The third-order valence-corrected chi connectivity index (χ3v) is 9.39. The van der Waals surface area contributed by atoms with Crippen molar-refractivity contribution in [3.05, 3.63) is 77.8 Å². The quantitative estimate of drug-likeness (QED) is 0.497. The molecule has 3 atom stereocenters. The molecule has 0 bridgehead atoms. The molecule has 0 spiro atoms. The van der Waals surface area contributed by atoms with Crippen molar-refractivity contribution >= 4 is 16.6 Å². The SMILES string of the molecule is Cc1ccc(N2CCCC(N3CCN(C45CC4C=CCc4cccnc45)CC3)CC2)c2ncccc12. The molecule has 2 saturated heterocycles. The summed E-state index contributed by atoms with van der Waals surface area (Å²) < 4.78 is 0. The van der Waals surface area contributed by atoms with Gasteiger partial charge in [0.1, 0.15) is 0 Å². The van der Waals surface area contributed by atoms with Crippen molar-refractivity contribution in [1.82, 2.24) is 19.8 Å². The fourth-order valence-corrected chi connectivity index (χ4v) is 7.37. The van der Waals surface area contributed by atoms with Gasteiger partial charge in [-0.05, 0) is 68.4 Å². The summed E-state index contributed by atoms with van der Waals surface area (Å²) in [5, 5.41) is 1.29. The molecule has 36 heavy (non-hydrogen) atoms. The van der Waals surface area contributed by atoms with E-state index in [0.29, 0.717) is 12.0 Å². The molecule has 1 aromatic carbocycles. The molecular weight excluding hydrogens is 442 g/mol. The second-order valence-electron chi connectivity index (χ2n) is 11.3. The van der Waals surface area contributed by atoms with E-state index in [9.17, 15) is 0 Å². The topological polar surface area (TPSA) is 35.5 Å². The Kier molecular flexibility index (Phi) is 5.59. The van der Waals surface area contributed by atoms with Gasteiger partial charge in [0.25, 0.3) is 0 Å². The third kappa shape index (κ3) is 3.67. The number of hydrogen-bond acceptors (Lipinski definition) is 5. The molecule has 5 heteroatoms. The Hall–Kier alpha value is -2.76. The molecule has 4 aliphatic rings. The van der Waals surface area contributed by atoms with Crippen molar-refractivity contribution in [2.75, 3.05) is 44.2 Å². The highest BCUT2D eigenvalue weighted by atomic mass is 15.3. The van der Waals surface area contributed by atoms with Crippen molar-refractivity contribution in [2.45, 2.75) is 50.6 Å². The lowest BCUT2D eigenvalue weighted by Crippen LogP contribution is -2.54. The van der Waals surface area contributed by atoms with E-state index in [2.05, 4.69) is 70.2 Å². The Balaban J connectivity index is 1.03. The number of anilines is 1. The molecule has 4 heterocycles. The number of allylic oxidation sites excluding steroid dienone is 1. The maximum Gasteiger partial charge on any atom is 0.0937 e.